The van der Waals surface area contributed by atoms with E-state index in [-0.39, 0.29) is 12.0 Å². The van der Waals surface area contributed by atoms with Crippen LogP contribution in [-0.2, 0) is 4.79 Å². The first-order valence-corrected chi connectivity index (χ1v) is 9.99. The van der Waals surface area contributed by atoms with Gasteiger partial charge in [-0.25, -0.2) is 0 Å². The standard InChI is InChI=1S/C19H23ClN2O3S/c1-12(2)25-17-14(20)9-13(10-15(17)24-3)11-16-18(23)21-19(26-16)22-7-5-4-6-8-22/h9-12H,4-8H2,1-3H3/b16-11-. The van der Waals surface area contributed by atoms with Crippen LogP contribution in [0.25, 0.3) is 6.08 Å². The van der Waals surface area contributed by atoms with Crippen molar-refractivity contribution >= 4 is 40.5 Å². The molecule has 2 aliphatic heterocycles. The topological polar surface area (TPSA) is 51.1 Å². The van der Waals surface area contributed by atoms with Gasteiger partial charge in [0.15, 0.2) is 16.7 Å². The number of thioether (sulfide) groups is 1. The molecule has 3 rings (SSSR count). The molecule has 1 aromatic rings. The van der Waals surface area contributed by atoms with Gasteiger partial charge < -0.3 is 14.4 Å². The molecule has 1 fully saturated rings. The predicted molar refractivity (Wildman–Crippen MR) is 107 cm³/mol. The summed E-state index contributed by atoms with van der Waals surface area (Å²) < 4.78 is 11.1. The summed E-state index contributed by atoms with van der Waals surface area (Å²) in [5.74, 6) is 0.862. The van der Waals surface area contributed by atoms with E-state index in [2.05, 4.69) is 9.89 Å². The minimum atomic E-state index is -0.201. The van der Waals surface area contributed by atoms with Crippen molar-refractivity contribution in [3.05, 3.63) is 27.6 Å². The van der Waals surface area contributed by atoms with E-state index in [1.54, 1.807) is 19.3 Å². The summed E-state index contributed by atoms with van der Waals surface area (Å²) in [5.41, 5.74) is 0.786. The van der Waals surface area contributed by atoms with Crippen molar-refractivity contribution in [2.75, 3.05) is 20.2 Å². The summed E-state index contributed by atoms with van der Waals surface area (Å²) in [6, 6.07) is 3.60. The zero-order chi connectivity index (χ0) is 18.7. The quantitative estimate of drug-likeness (QED) is 0.699. The van der Waals surface area contributed by atoms with Gasteiger partial charge >= 0.3 is 0 Å². The van der Waals surface area contributed by atoms with Crippen molar-refractivity contribution in [3.63, 3.8) is 0 Å². The van der Waals surface area contributed by atoms with Gasteiger partial charge in [-0.15, -0.1) is 0 Å². The lowest BCUT2D eigenvalue weighted by molar-refractivity contribution is -0.113. The Kier molecular flexibility index (Phi) is 6.14. The average Bonchev–Trinajstić information content (AvgIpc) is 2.98. The van der Waals surface area contributed by atoms with Crippen LogP contribution in [0.15, 0.2) is 22.0 Å². The molecule has 26 heavy (non-hydrogen) atoms. The maximum absolute atomic E-state index is 12.3. The van der Waals surface area contributed by atoms with Gasteiger partial charge in [0.1, 0.15) is 0 Å². The van der Waals surface area contributed by atoms with E-state index >= 15 is 0 Å². The van der Waals surface area contributed by atoms with Gasteiger partial charge in [-0.05, 0) is 68.6 Å². The average molecular weight is 395 g/mol. The third-order valence-corrected chi connectivity index (χ3v) is 5.46. The van der Waals surface area contributed by atoms with Gasteiger partial charge in [-0.2, -0.15) is 4.99 Å². The number of methoxy groups -OCH3 is 1. The number of amidine groups is 1. The number of hydrogen-bond donors (Lipinski definition) is 0. The number of amides is 1. The predicted octanol–water partition coefficient (Wildman–Crippen LogP) is 4.59. The summed E-state index contributed by atoms with van der Waals surface area (Å²) in [6.07, 6.45) is 5.33. The number of piperidine rings is 1. The zero-order valence-corrected chi connectivity index (χ0v) is 16.8. The fraction of sp³-hybridized carbons (Fsp3) is 0.474. The highest BCUT2D eigenvalue weighted by molar-refractivity contribution is 8.18. The van der Waals surface area contributed by atoms with Crippen LogP contribution < -0.4 is 9.47 Å². The van der Waals surface area contributed by atoms with Gasteiger partial charge in [-0.3, -0.25) is 4.79 Å². The molecule has 7 heteroatoms. The highest BCUT2D eigenvalue weighted by Gasteiger charge is 2.27. The Labute approximate surface area is 163 Å². The second kappa shape index (κ2) is 8.35. The van der Waals surface area contributed by atoms with E-state index in [1.807, 2.05) is 19.9 Å². The molecular formula is C19H23ClN2O3S. The van der Waals surface area contributed by atoms with E-state index < -0.39 is 0 Å². The van der Waals surface area contributed by atoms with Crippen molar-refractivity contribution in [1.29, 1.82) is 0 Å². The Hall–Kier alpha value is -1.66. The van der Waals surface area contributed by atoms with E-state index in [0.29, 0.717) is 21.4 Å². The summed E-state index contributed by atoms with van der Waals surface area (Å²) in [4.78, 5) is 19.3. The monoisotopic (exact) mass is 394 g/mol. The van der Waals surface area contributed by atoms with E-state index in [9.17, 15) is 4.79 Å². The van der Waals surface area contributed by atoms with Crippen molar-refractivity contribution in [2.24, 2.45) is 4.99 Å². The summed E-state index contributed by atoms with van der Waals surface area (Å²) in [7, 11) is 1.57. The number of aliphatic imine (C=N–C) groups is 1. The molecule has 1 aromatic carbocycles. The normalized spacial score (nSPS) is 19.3. The summed E-state index contributed by atoms with van der Waals surface area (Å²) in [5, 5.41) is 1.26. The molecule has 0 saturated carbocycles. The van der Waals surface area contributed by atoms with Crippen LogP contribution in [0.5, 0.6) is 11.5 Å². The van der Waals surface area contributed by atoms with Gasteiger partial charge in [-0.1, -0.05) is 11.6 Å². The number of benzene rings is 1. The maximum Gasteiger partial charge on any atom is 0.286 e. The number of halogens is 1. The fourth-order valence-corrected chi connectivity index (χ4v) is 4.17. The second-order valence-corrected chi connectivity index (χ2v) is 7.97. The van der Waals surface area contributed by atoms with Gasteiger partial charge in [0, 0.05) is 13.1 Å². The first-order valence-electron chi connectivity index (χ1n) is 8.79. The van der Waals surface area contributed by atoms with E-state index in [0.717, 1.165) is 36.7 Å². The largest absolute Gasteiger partial charge is 0.493 e. The summed E-state index contributed by atoms with van der Waals surface area (Å²) >= 11 is 7.79. The van der Waals surface area contributed by atoms with Gasteiger partial charge in [0.25, 0.3) is 5.91 Å². The van der Waals surface area contributed by atoms with Crippen LogP contribution in [0, 0.1) is 0 Å². The molecule has 2 heterocycles. The first kappa shape index (κ1) is 19.1. The van der Waals surface area contributed by atoms with Crippen molar-refractivity contribution < 1.29 is 14.3 Å². The van der Waals surface area contributed by atoms with Crippen molar-refractivity contribution in [1.82, 2.24) is 4.90 Å². The third-order valence-electron chi connectivity index (χ3n) is 4.14. The smallest absolute Gasteiger partial charge is 0.286 e. The molecule has 0 bridgehead atoms. The molecule has 1 saturated heterocycles. The Morgan fingerprint density at radius 1 is 1.27 bits per heavy atom. The van der Waals surface area contributed by atoms with E-state index in [1.165, 1.54) is 18.2 Å². The highest BCUT2D eigenvalue weighted by Crippen LogP contribution is 2.39. The molecule has 2 aliphatic rings. The third kappa shape index (κ3) is 4.35. The maximum atomic E-state index is 12.3. The molecule has 0 spiro atoms. The number of hydrogen-bond acceptors (Lipinski definition) is 5. The summed E-state index contributed by atoms with van der Waals surface area (Å²) in [6.45, 7) is 5.79. The van der Waals surface area contributed by atoms with Gasteiger partial charge in [0.2, 0.25) is 0 Å². The lowest BCUT2D eigenvalue weighted by atomic mass is 10.1. The van der Waals surface area contributed by atoms with Crippen LogP contribution >= 0.6 is 23.4 Å². The van der Waals surface area contributed by atoms with Crippen LogP contribution in [-0.4, -0.2) is 42.3 Å². The van der Waals surface area contributed by atoms with Crippen LogP contribution in [0.3, 0.4) is 0 Å². The van der Waals surface area contributed by atoms with Crippen molar-refractivity contribution in [2.45, 2.75) is 39.2 Å². The lowest BCUT2D eigenvalue weighted by Gasteiger charge is -2.27. The van der Waals surface area contributed by atoms with Crippen LogP contribution in [0.1, 0.15) is 38.7 Å². The number of ether oxygens (including phenoxy) is 2. The molecule has 0 atom stereocenters. The number of rotatable bonds is 4. The molecule has 0 radical (unpaired) electrons. The van der Waals surface area contributed by atoms with Crippen LogP contribution in [0.2, 0.25) is 5.02 Å². The molecule has 0 N–H and O–H groups in total. The number of carbonyl (C=O) groups excluding carboxylic acids is 1. The Bertz CT molecular complexity index is 755. The molecule has 140 valence electrons. The lowest BCUT2D eigenvalue weighted by Crippen LogP contribution is -2.33. The Morgan fingerprint density at radius 3 is 2.65 bits per heavy atom. The molecule has 0 unspecified atom stereocenters. The minimum absolute atomic E-state index is 0.0157. The number of nitrogens with zero attached hydrogens (tertiary/aromatic N) is 2. The Balaban J connectivity index is 1.82. The molecular weight excluding hydrogens is 372 g/mol. The van der Waals surface area contributed by atoms with Gasteiger partial charge in [0.05, 0.1) is 23.1 Å². The Morgan fingerprint density at radius 2 is 2.00 bits per heavy atom. The van der Waals surface area contributed by atoms with Crippen molar-refractivity contribution in [3.8, 4) is 11.5 Å². The fourth-order valence-electron chi connectivity index (χ4n) is 2.94. The highest BCUT2D eigenvalue weighted by atomic mass is 35.5. The molecule has 5 nitrogen and oxygen atoms in total. The SMILES string of the molecule is COc1cc(/C=C2\SC(N3CCCCC3)=NC2=O)cc(Cl)c1OC(C)C. The number of carbonyl (C=O) groups is 1. The minimum Gasteiger partial charge on any atom is -0.493 e. The zero-order valence-electron chi connectivity index (χ0n) is 15.3. The first-order chi connectivity index (χ1) is 12.5. The van der Waals surface area contributed by atoms with E-state index in [4.69, 9.17) is 21.1 Å². The second-order valence-electron chi connectivity index (χ2n) is 6.56. The molecule has 0 aliphatic carbocycles. The molecule has 1 amide bonds. The number of likely N-dealkylation sites (tertiary alicyclic amines) is 1. The van der Waals surface area contributed by atoms with Crippen LogP contribution in [0.4, 0.5) is 0 Å². The molecule has 0 aromatic heterocycles.